The second kappa shape index (κ2) is 6.47. The van der Waals surface area contributed by atoms with Crippen molar-refractivity contribution in [2.24, 2.45) is 0 Å². The van der Waals surface area contributed by atoms with Gasteiger partial charge in [0.1, 0.15) is 5.82 Å². The minimum atomic E-state index is 0.802. The highest BCUT2D eigenvalue weighted by molar-refractivity contribution is 7.09. The van der Waals surface area contributed by atoms with Crippen LogP contribution in [0.1, 0.15) is 17.0 Å². The number of aryl methyl sites for hydroxylation is 1. The van der Waals surface area contributed by atoms with Crippen LogP contribution in [0.15, 0.2) is 24.3 Å². The van der Waals surface area contributed by atoms with E-state index in [0.717, 1.165) is 30.5 Å². The molecule has 0 fully saturated rings. The van der Waals surface area contributed by atoms with Crippen LogP contribution in [0.25, 0.3) is 0 Å². The molecule has 1 aromatic heterocycles. The van der Waals surface area contributed by atoms with Crippen LogP contribution in [-0.2, 0) is 6.42 Å². The molecule has 1 heterocycles. The first-order valence-corrected chi connectivity index (χ1v) is 6.82. The summed E-state index contributed by atoms with van der Waals surface area (Å²) in [5.41, 5.74) is 2.58. The lowest BCUT2D eigenvalue weighted by Gasteiger charge is -2.02. The number of nitrogens with zero attached hydrogens (tertiary/aromatic N) is 2. The Morgan fingerprint density at radius 2 is 2.06 bits per heavy atom. The Kier molecular flexibility index (Phi) is 4.66. The maximum atomic E-state index is 4.49. The standard InChI is InChI=1S/C13H18N4S/c1-10-5-3-4-6-11(10)9-12-16-13(18-17-12)15-8-7-14-2/h3-6,14H,7-9H2,1-2H3,(H,15,16,17). The SMILES string of the molecule is CNCCNc1nc(Cc2ccccc2C)ns1. The number of likely N-dealkylation sites (N-methyl/N-ethyl adjacent to an activating group) is 1. The van der Waals surface area contributed by atoms with Gasteiger partial charge in [0.15, 0.2) is 0 Å². The summed E-state index contributed by atoms with van der Waals surface area (Å²) in [6.07, 6.45) is 0.802. The van der Waals surface area contributed by atoms with Gasteiger partial charge in [-0.1, -0.05) is 24.3 Å². The van der Waals surface area contributed by atoms with Crippen molar-refractivity contribution in [2.75, 3.05) is 25.5 Å². The minimum Gasteiger partial charge on any atom is -0.359 e. The molecule has 0 saturated heterocycles. The molecule has 0 bridgehead atoms. The number of benzene rings is 1. The summed E-state index contributed by atoms with van der Waals surface area (Å²) in [4.78, 5) is 4.49. The molecule has 0 radical (unpaired) electrons. The molecule has 2 N–H and O–H groups in total. The first-order chi connectivity index (χ1) is 8.79. The van der Waals surface area contributed by atoms with Crippen molar-refractivity contribution in [3.8, 4) is 0 Å². The van der Waals surface area contributed by atoms with Crippen LogP contribution in [0, 0.1) is 6.92 Å². The zero-order valence-corrected chi connectivity index (χ0v) is 11.5. The van der Waals surface area contributed by atoms with Crippen LogP contribution in [0.2, 0.25) is 0 Å². The van der Waals surface area contributed by atoms with E-state index in [9.17, 15) is 0 Å². The average Bonchev–Trinajstić information content (AvgIpc) is 2.80. The van der Waals surface area contributed by atoms with Crippen molar-refractivity contribution in [3.63, 3.8) is 0 Å². The van der Waals surface area contributed by atoms with Gasteiger partial charge >= 0.3 is 0 Å². The van der Waals surface area contributed by atoms with E-state index in [1.54, 1.807) is 0 Å². The molecule has 0 atom stereocenters. The van der Waals surface area contributed by atoms with E-state index in [1.165, 1.54) is 22.7 Å². The molecule has 0 aliphatic rings. The van der Waals surface area contributed by atoms with Crippen LogP contribution in [0.4, 0.5) is 5.13 Å². The van der Waals surface area contributed by atoms with Crippen LogP contribution >= 0.6 is 11.5 Å². The molecule has 18 heavy (non-hydrogen) atoms. The first-order valence-electron chi connectivity index (χ1n) is 6.05. The molecule has 96 valence electrons. The molecule has 5 heteroatoms. The third-order valence-corrected chi connectivity index (χ3v) is 3.44. The molecule has 0 saturated carbocycles. The highest BCUT2D eigenvalue weighted by Gasteiger charge is 2.05. The van der Waals surface area contributed by atoms with E-state index < -0.39 is 0 Å². The van der Waals surface area contributed by atoms with Crippen molar-refractivity contribution in [1.82, 2.24) is 14.7 Å². The van der Waals surface area contributed by atoms with E-state index in [2.05, 4.69) is 51.2 Å². The van der Waals surface area contributed by atoms with Gasteiger partial charge in [-0.05, 0) is 25.1 Å². The maximum Gasteiger partial charge on any atom is 0.202 e. The van der Waals surface area contributed by atoms with Gasteiger partial charge in [-0.3, -0.25) is 0 Å². The molecule has 1 aromatic carbocycles. The van der Waals surface area contributed by atoms with Gasteiger partial charge in [0, 0.05) is 31.0 Å². The van der Waals surface area contributed by atoms with Gasteiger partial charge in [0.25, 0.3) is 0 Å². The van der Waals surface area contributed by atoms with Gasteiger partial charge in [0.05, 0.1) is 0 Å². The Balaban J connectivity index is 1.96. The predicted octanol–water partition coefficient (Wildman–Crippen LogP) is 2.07. The normalized spacial score (nSPS) is 10.6. The zero-order chi connectivity index (χ0) is 12.8. The number of nitrogens with one attached hydrogen (secondary N) is 2. The van der Waals surface area contributed by atoms with Crippen molar-refractivity contribution >= 4 is 16.7 Å². The van der Waals surface area contributed by atoms with Crippen molar-refractivity contribution in [1.29, 1.82) is 0 Å². The molecule has 2 rings (SSSR count). The van der Waals surface area contributed by atoms with E-state index in [1.807, 2.05) is 7.05 Å². The summed E-state index contributed by atoms with van der Waals surface area (Å²) in [5.74, 6) is 0.890. The molecular formula is C13H18N4S. The van der Waals surface area contributed by atoms with Crippen LogP contribution in [-0.4, -0.2) is 29.5 Å². The van der Waals surface area contributed by atoms with Crippen LogP contribution in [0.5, 0.6) is 0 Å². The van der Waals surface area contributed by atoms with Crippen molar-refractivity contribution in [3.05, 3.63) is 41.2 Å². The smallest absolute Gasteiger partial charge is 0.202 e. The number of hydrogen-bond donors (Lipinski definition) is 2. The molecule has 4 nitrogen and oxygen atoms in total. The number of rotatable bonds is 6. The Bertz CT molecular complexity index is 495. The predicted molar refractivity (Wildman–Crippen MR) is 76.3 cm³/mol. The monoisotopic (exact) mass is 262 g/mol. The van der Waals surface area contributed by atoms with Crippen LogP contribution in [0.3, 0.4) is 0 Å². The van der Waals surface area contributed by atoms with E-state index in [0.29, 0.717) is 0 Å². The highest BCUT2D eigenvalue weighted by atomic mass is 32.1. The number of anilines is 1. The number of hydrogen-bond acceptors (Lipinski definition) is 5. The summed E-state index contributed by atoms with van der Waals surface area (Å²) >= 11 is 1.43. The second-order valence-electron chi connectivity index (χ2n) is 4.15. The Morgan fingerprint density at radius 1 is 1.22 bits per heavy atom. The lowest BCUT2D eigenvalue weighted by molar-refractivity contribution is 0.822. The van der Waals surface area contributed by atoms with Gasteiger partial charge in [-0.2, -0.15) is 4.37 Å². The average molecular weight is 262 g/mol. The van der Waals surface area contributed by atoms with Crippen molar-refractivity contribution < 1.29 is 0 Å². The van der Waals surface area contributed by atoms with E-state index >= 15 is 0 Å². The second-order valence-corrected chi connectivity index (χ2v) is 4.90. The molecule has 0 aliphatic heterocycles. The Labute approximate surface area is 112 Å². The third kappa shape index (κ3) is 3.51. The minimum absolute atomic E-state index is 0.802. The Morgan fingerprint density at radius 3 is 2.83 bits per heavy atom. The largest absolute Gasteiger partial charge is 0.359 e. The van der Waals surface area contributed by atoms with Gasteiger partial charge in [-0.15, -0.1) is 0 Å². The quantitative estimate of drug-likeness (QED) is 0.783. The third-order valence-electron chi connectivity index (χ3n) is 2.73. The fourth-order valence-electron chi connectivity index (χ4n) is 1.67. The lowest BCUT2D eigenvalue weighted by atomic mass is 10.1. The van der Waals surface area contributed by atoms with Crippen LogP contribution < -0.4 is 10.6 Å². The molecule has 0 aliphatic carbocycles. The summed E-state index contributed by atoms with van der Waals surface area (Å²) in [6.45, 7) is 3.91. The molecule has 0 amide bonds. The fraction of sp³-hybridized carbons (Fsp3) is 0.385. The molecule has 0 unspecified atom stereocenters. The highest BCUT2D eigenvalue weighted by Crippen LogP contribution is 2.15. The number of aromatic nitrogens is 2. The van der Waals surface area contributed by atoms with Gasteiger partial charge < -0.3 is 10.6 Å². The summed E-state index contributed by atoms with van der Waals surface area (Å²) < 4.78 is 4.38. The lowest BCUT2D eigenvalue weighted by Crippen LogP contribution is -2.17. The van der Waals surface area contributed by atoms with Gasteiger partial charge in [0.2, 0.25) is 5.13 Å². The molecular weight excluding hydrogens is 244 g/mol. The summed E-state index contributed by atoms with van der Waals surface area (Å²) in [5, 5.41) is 7.23. The van der Waals surface area contributed by atoms with E-state index in [4.69, 9.17) is 0 Å². The summed E-state index contributed by atoms with van der Waals surface area (Å²) in [7, 11) is 1.94. The van der Waals surface area contributed by atoms with E-state index in [-0.39, 0.29) is 0 Å². The zero-order valence-electron chi connectivity index (χ0n) is 10.7. The van der Waals surface area contributed by atoms with Gasteiger partial charge in [-0.25, -0.2) is 4.98 Å². The molecule has 0 spiro atoms. The van der Waals surface area contributed by atoms with Crippen molar-refractivity contribution in [2.45, 2.75) is 13.3 Å². The topological polar surface area (TPSA) is 49.8 Å². The maximum absolute atomic E-state index is 4.49. The molecule has 2 aromatic rings. The summed E-state index contributed by atoms with van der Waals surface area (Å²) in [6, 6.07) is 8.36. The Hall–Kier alpha value is -1.46. The fourth-order valence-corrected chi connectivity index (χ4v) is 2.28. The first kappa shape index (κ1) is 13.0.